The lowest BCUT2D eigenvalue weighted by Gasteiger charge is -2.36. The van der Waals surface area contributed by atoms with E-state index in [1.54, 1.807) is 23.1 Å². The van der Waals surface area contributed by atoms with Gasteiger partial charge in [0.15, 0.2) is 0 Å². The number of aromatic nitrogens is 3. The van der Waals surface area contributed by atoms with Crippen molar-refractivity contribution in [2.24, 2.45) is 5.18 Å². The predicted octanol–water partition coefficient (Wildman–Crippen LogP) is 2.46. The lowest BCUT2D eigenvalue weighted by Crippen LogP contribution is -2.46. The zero-order valence-corrected chi connectivity index (χ0v) is 16.7. The summed E-state index contributed by atoms with van der Waals surface area (Å²) in [6, 6.07) is 5.41. The van der Waals surface area contributed by atoms with Crippen LogP contribution in [0.1, 0.15) is 38.5 Å². The topological polar surface area (TPSA) is 116 Å². The molecule has 0 amide bonds. The second-order valence-electron chi connectivity index (χ2n) is 7.52. The van der Waals surface area contributed by atoms with E-state index in [2.05, 4.69) is 25.5 Å². The molecular weight excluding hydrogens is 372 g/mol. The fraction of sp³-hybridized carbons (Fsp3) is 0.600. The lowest BCUT2D eigenvalue weighted by molar-refractivity contribution is 0.0163. The Morgan fingerprint density at radius 2 is 2.10 bits per heavy atom. The van der Waals surface area contributed by atoms with Gasteiger partial charge in [-0.3, -0.25) is 4.90 Å². The van der Waals surface area contributed by atoms with Crippen molar-refractivity contribution in [1.29, 1.82) is 0 Å². The van der Waals surface area contributed by atoms with Crippen LogP contribution in [0.15, 0.2) is 36.0 Å². The monoisotopic (exact) mass is 402 g/mol. The smallest absolute Gasteiger partial charge is 0.138 e. The van der Waals surface area contributed by atoms with Gasteiger partial charge in [0.25, 0.3) is 0 Å². The van der Waals surface area contributed by atoms with Crippen molar-refractivity contribution in [3.8, 4) is 5.69 Å². The Morgan fingerprint density at radius 3 is 2.86 bits per heavy atom. The molecule has 0 spiro atoms. The summed E-state index contributed by atoms with van der Waals surface area (Å²) in [5.41, 5.74) is 1.91. The first-order valence-corrected chi connectivity index (χ1v) is 10.3. The van der Waals surface area contributed by atoms with Crippen molar-refractivity contribution in [3.05, 3.63) is 35.8 Å². The summed E-state index contributed by atoms with van der Waals surface area (Å²) in [6.07, 6.45) is 8.52. The quantitative estimate of drug-likeness (QED) is 0.390. The van der Waals surface area contributed by atoms with Gasteiger partial charge in [-0.05, 0) is 55.6 Å². The minimum atomic E-state index is -0.275. The number of unbranched alkanes of at least 4 members (excludes halogenated alkanes) is 3. The Labute approximate surface area is 170 Å². The Balaban J connectivity index is 1.37. The molecule has 3 rings (SSSR count). The largest absolute Gasteiger partial charge is 0.395 e. The lowest BCUT2D eigenvalue weighted by atomic mass is 9.99. The van der Waals surface area contributed by atoms with Crippen LogP contribution >= 0.6 is 0 Å². The molecular formula is C20H30N6O3. The summed E-state index contributed by atoms with van der Waals surface area (Å²) < 4.78 is 1.64. The van der Waals surface area contributed by atoms with E-state index < -0.39 is 0 Å². The fourth-order valence-corrected chi connectivity index (χ4v) is 3.81. The number of nitroso groups, excluding NO2 is 1. The van der Waals surface area contributed by atoms with Crippen LogP contribution in [0.2, 0.25) is 0 Å². The van der Waals surface area contributed by atoms with Gasteiger partial charge in [0.2, 0.25) is 0 Å². The van der Waals surface area contributed by atoms with Crippen LogP contribution in [-0.2, 0) is 0 Å². The number of hydrogen-bond acceptors (Lipinski definition) is 8. The highest BCUT2D eigenvalue weighted by atomic mass is 16.3. The minimum Gasteiger partial charge on any atom is -0.395 e. The first-order valence-electron chi connectivity index (χ1n) is 10.3. The molecule has 0 radical (unpaired) electrons. The molecule has 3 N–H and O–H groups in total. The summed E-state index contributed by atoms with van der Waals surface area (Å²) in [7, 11) is 0. The Bertz CT molecular complexity index is 755. The van der Waals surface area contributed by atoms with Crippen molar-refractivity contribution < 1.29 is 10.2 Å². The van der Waals surface area contributed by atoms with Crippen LogP contribution in [0, 0.1) is 4.91 Å². The third-order valence-corrected chi connectivity index (χ3v) is 5.47. The third-order valence-electron chi connectivity index (χ3n) is 5.47. The number of piperidine rings is 1. The number of likely N-dealkylation sites (tertiary alicyclic amines) is 1. The SMILES string of the molecule is O=Nc1ccc(-n2cncn2)cc1NCCCCCCN1CC[C@@H](O)C[C@H]1CO. The van der Waals surface area contributed by atoms with E-state index in [0.717, 1.165) is 57.4 Å². The van der Waals surface area contributed by atoms with Crippen molar-refractivity contribution in [3.63, 3.8) is 0 Å². The number of rotatable bonds is 11. The van der Waals surface area contributed by atoms with Crippen molar-refractivity contribution in [2.75, 3.05) is 31.6 Å². The normalized spacial score (nSPS) is 19.9. The van der Waals surface area contributed by atoms with Crippen LogP contribution in [0.4, 0.5) is 11.4 Å². The highest BCUT2D eigenvalue weighted by Gasteiger charge is 2.26. The predicted molar refractivity (Wildman–Crippen MR) is 111 cm³/mol. The fourth-order valence-electron chi connectivity index (χ4n) is 3.81. The van der Waals surface area contributed by atoms with Crippen molar-refractivity contribution >= 4 is 11.4 Å². The van der Waals surface area contributed by atoms with Crippen LogP contribution in [0.3, 0.4) is 0 Å². The van der Waals surface area contributed by atoms with E-state index in [-0.39, 0.29) is 18.8 Å². The van der Waals surface area contributed by atoms with E-state index in [9.17, 15) is 15.1 Å². The Kier molecular flexibility index (Phi) is 8.09. The molecule has 9 heteroatoms. The number of benzene rings is 1. The molecule has 2 heterocycles. The number of aliphatic hydroxyl groups excluding tert-OH is 2. The summed E-state index contributed by atoms with van der Waals surface area (Å²) >= 11 is 0. The number of hydrogen-bond donors (Lipinski definition) is 3. The third kappa shape index (κ3) is 6.06. The number of aliphatic hydroxyl groups is 2. The van der Waals surface area contributed by atoms with Gasteiger partial charge in [-0.15, -0.1) is 4.91 Å². The van der Waals surface area contributed by atoms with E-state index in [1.165, 1.54) is 6.33 Å². The highest BCUT2D eigenvalue weighted by Crippen LogP contribution is 2.27. The molecule has 1 aliphatic heterocycles. The van der Waals surface area contributed by atoms with Crippen LogP contribution in [-0.4, -0.2) is 68.3 Å². The summed E-state index contributed by atoms with van der Waals surface area (Å²) in [4.78, 5) is 17.3. The molecule has 2 aromatic rings. The minimum absolute atomic E-state index is 0.0898. The molecule has 1 fully saturated rings. The molecule has 1 aliphatic rings. The summed E-state index contributed by atoms with van der Waals surface area (Å²) in [6.45, 7) is 2.70. The molecule has 0 bridgehead atoms. The zero-order valence-electron chi connectivity index (χ0n) is 16.7. The van der Waals surface area contributed by atoms with Gasteiger partial charge in [-0.2, -0.15) is 5.10 Å². The maximum absolute atomic E-state index is 11.1. The van der Waals surface area contributed by atoms with Crippen LogP contribution in [0.5, 0.6) is 0 Å². The first-order chi connectivity index (χ1) is 14.2. The van der Waals surface area contributed by atoms with Gasteiger partial charge in [0.1, 0.15) is 18.3 Å². The van der Waals surface area contributed by atoms with Crippen molar-refractivity contribution in [2.45, 2.75) is 50.7 Å². The zero-order chi connectivity index (χ0) is 20.5. The number of anilines is 1. The van der Waals surface area contributed by atoms with E-state index >= 15 is 0 Å². The first kappa shape index (κ1) is 21.4. The van der Waals surface area contributed by atoms with E-state index in [1.807, 2.05) is 6.07 Å². The maximum atomic E-state index is 11.1. The molecule has 2 atom stereocenters. The molecule has 1 aromatic heterocycles. The Hall–Kier alpha value is -2.36. The van der Waals surface area contributed by atoms with Gasteiger partial charge in [0, 0.05) is 19.1 Å². The molecule has 9 nitrogen and oxygen atoms in total. The molecule has 0 saturated carbocycles. The van der Waals surface area contributed by atoms with Gasteiger partial charge in [0.05, 0.1) is 24.1 Å². The second kappa shape index (κ2) is 11.0. The Morgan fingerprint density at radius 1 is 1.24 bits per heavy atom. The molecule has 1 aromatic carbocycles. The van der Waals surface area contributed by atoms with Crippen LogP contribution < -0.4 is 5.32 Å². The average Bonchev–Trinajstić information content (AvgIpc) is 3.28. The van der Waals surface area contributed by atoms with Gasteiger partial charge in [-0.25, -0.2) is 9.67 Å². The molecule has 0 unspecified atom stereocenters. The van der Waals surface area contributed by atoms with Gasteiger partial charge in [-0.1, -0.05) is 12.8 Å². The van der Waals surface area contributed by atoms with Crippen LogP contribution in [0.25, 0.3) is 5.69 Å². The van der Waals surface area contributed by atoms with Crippen molar-refractivity contribution in [1.82, 2.24) is 19.7 Å². The second-order valence-corrected chi connectivity index (χ2v) is 7.52. The summed E-state index contributed by atoms with van der Waals surface area (Å²) in [5.74, 6) is 0. The standard InChI is InChI=1S/C20H30N6O3/c27-13-17-11-18(28)7-10-25(17)9-4-2-1-3-8-22-20-12-16(5-6-19(20)24-29)26-15-21-14-23-26/h5-6,12,14-15,17-18,22,27-28H,1-4,7-11,13H2/t17-,18+/m0/s1. The van der Waals surface area contributed by atoms with Gasteiger partial charge >= 0.3 is 0 Å². The number of nitrogens with zero attached hydrogens (tertiary/aromatic N) is 5. The number of nitrogens with one attached hydrogen (secondary N) is 1. The molecule has 1 saturated heterocycles. The molecule has 158 valence electrons. The molecule has 29 heavy (non-hydrogen) atoms. The highest BCUT2D eigenvalue weighted by molar-refractivity contribution is 5.68. The average molecular weight is 402 g/mol. The van der Waals surface area contributed by atoms with E-state index in [0.29, 0.717) is 17.8 Å². The molecule has 0 aliphatic carbocycles. The van der Waals surface area contributed by atoms with E-state index in [4.69, 9.17) is 0 Å². The summed E-state index contributed by atoms with van der Waals surface area (Å²) in [5, 5.41) is 29.7. The van der Waals surface area contributed by atoms with Gasteiger partial charge < -0.3 is 15.5 Å². The maximum Gasteiger partial charge on any atom is 0.138 e.